The maximum atomic E-state index is 13.6. The van der Waals surface area contributed by atoms with Crippen molar-refractivity contribution in [1.29, 1.82) is 0 Å². The number of anilines is 1. The van der Waals surface area contributed by atoms with Crippen molar-refractivity contribution < 1.29 is 13.9 Å². The molecule has 1 aliphatic heterocycles. The van der Waals surface area contributed by atoms with Gasteiger partial charge in [-0.3, -0.25) is 9.78 Å². The second-order valence-electron chi connectivity index (χ2n) is 5.69. The summed E-state index contributed by atoms with van der Waals surface area (Å²) >= 11 is 0. The van der Waals surface area contributed by atoms with E-state index in [9.17, 15) is 9.18 Å². The maximum Gasteiger partial charge on any atom is 0.260 e. The summed E-state index contributed by atoms with van der Waals surface area (Å²) in [6.07, 6.45) is 3.05. The van der Waals surface area contributed by atoms with Gasteiger partial charge in [-0.05, 0) is 50.1 Å². The van der Waals surface area contributed by atoms with Gasteiger partial charge in [0.05, 0.1) is 5.56 Å². The lowest BCUT2D eigenvalue weighted by atomic mass is 10.0. The summed E-state index contributed by atoms with van der Waals surface area (Å²) in [5.41, 5.74) is 1.93. The van der Waals surface area contributed by atoms with E-state index in [1.165, 1.54) is 12.1 Å². The fraction of sp³-hybridized carbons (Fsp3) is 0.333. The second-order valence-corrected chi connectivity index (χ2v) is 5.69. The van der Waals surface area contributed by atoms with Crippen LogP contribution in [0.25, 0.3) is 0 Å². The molecule has 1 saturated heterocycles. The topological polar surface area (TPSA) is 42.4 Å². The van der Waals surface area contributed by atoms with E-state index in [-0.39, 0.29) is 17.8 Å². The van der Waals surface area contributed by atoms with Gasteiger partial charge in [0, 0.05) is 36.8 Å². The standard InChI is InChI=1S/C18H19FN2O2/c1-13-5-6-14(12-20-13)18(22)21(16-7-9-23-10-8-16)17-4-2-3-15(19)11-17/h2-6,11-12,16H,7-10H2,1H3. The predicted molar refractivity (Wildman–Crippen MR) is 86.0 cm³/mol. The molecule has 1 fully saturated rings. The predicted octanol–water partition coefficient (Wildman–Crippen LogP) is 3.35. The molecule has 3 rings (SSSR count). The third-order valence-corrected chi connectivity index (χ3v) is 4.02. The SMILES string of the molecule is Cc1ccc(C(=O)N(c2cccc(F)c2)C2CCOCC2)cn1. The summed E-state index contributed by atoms with van der Waals surface area (Å²) < 4.78 is 19.0. The Bertz CT molecular complexity index is 682. The Labute approximate surface area is 134 Å². The average Bonchev–Trinajstić information content (AvgIpc) is 2.57. The van der Waals surface area contributed by atoms with Gasteiger partial charge < -0.3 is 9.64 Å². The van der Waals surface area contributed by atoms with E-state index in [1.807, 2.05) is 6.92 Å². The molecule has 0 bridgehead atoms. The van der Waals surface area contributed by atoms with Crippen molar-refractivity contribution in [2.45, 2.75) is 25.8 Å². The second kappa shape index (κ2) is 6.87. The summed E-state index contributed by atoms with van der Waals surface area (Å²) in [6.45, 7) is 3.09. The Hall–Kier alpha value is -2.27. The molecule has 5 heteroatoms. The number of nitrogens with zero attached hydrogens (tertiary/aromatic N) is 2. The molecule has 1 aromatic heterocycles. The number of hydrogen-bond donors (Lipinski definition) is 0. The van der Waals surface area contributed by atoms with Gasteiger partial charge in [0.1, 0.15) is 5.82 Å². The fourth-order valence-electron chi connectivity index (χ4n) is 2.80. The molecule has 1 aromatic carbocycles. The molecule has 0 spiro atoms. The van der Waals surface area contributed by atoms with Crippen LogP contribution in [-0.4, -0.2) is 30.1 Å². The minimum atomic E-state index is -0.352. The normalized spacial score (nSPS) is 15.4. The van der Waals surface area contributed by atoms with Crippen LogP contribution in [-0.2, 0) is 4.74 Å². The molecular formula is C18H19FN2O2. The Morgan fingerprint density at radius 3 is 2.70 bits per heavy atom. The van der Waals surface area contributed by atoms with E-state index < -0.39 is 0 Å². The first kappa shape index (κ1) is 15.6. The molecule has 1 amide bonds. The van der Waals surface area contributed by atoms with Gasteiger partial charge in [-0.2, -0.15) is 0 Å². The maximum absolute atomic E-state index is 13.6. The minimum absolute atomic E-state index is 0.000599. The lowest BCUT2D eigenvalue weighted by Crippen LogP contribution is -2.43. The highest BCUT2D eigenvalue weighted by atomic mass is 19.1. The zero-order valence-corrected chi connectivity index (χ0v) is 13.0. The highest BCUT2D eigenvalue weighted by molar-refractivity contribution is 6.06. The van der Waals surface area contributed by atoms with Crippen LogP contribution in [0.4, 0.5) is 10.1 Å². The largest absolute Gasteiger partial charge is 0.381 e. The summed E-state index contributed by atoms with van der Waals surface area (Å²) in [6, 6.07) is 9.73. The number of ether oxygens (including phenoxy) is 1. The van der Waals surface area contributed by atoms with Gasteiger partial charge >= 0.3 is 0 Å². The van der Waals surface area contributed by atoms with Crippen LogP contribution < -0.4 is 4.90 Å². The number of rotatable bonds is 3. The van der Waals surface area contributed by atoms with Crippen molar-refractivity contribution in [3.05, 3.63) is 59.7 Å². The Kier molecular flexibility index (Phi) is 4.67. The smallest absolute Gasteiger partial charge is 0.260 e. The molecule has 2 aromatic rings. The minimum Gasteiger partial charge on any atom is -0.381 e. The third kappa shape index (κ3) is 3.56. The van der Waals surface area contributed by atoms with E-state index >= 15 is 0 Å². The third-order valence-electron chi connectivity index (χ3n) is 4.02. The molecule has 23 heavy (non-hydrogen) atoms. The first-order chi connectivity index (χ1) is 11.1. The van der Waals surface area contributed by atoms with Crippen LogP contribution in [0.15, 0.2) is 42.6 Å². The van der Waals surface area contributed by atoms with Crippen molar-refractivity contribution in [3.63, 3.8) is 0 Å². The number of benzene rings is 1. The first-order valence-electron chi connectivity index (χ1n) is 7.74. The monoisotopic (exact) mass is 314 g/mol. The van der Waals surface area contributed by atoms with Gasteiger partial charge in [-0.1, -0.05) is 6.07 Å². The lowest BCUT2D eigenvalue weighted by molar-refractivity contribution is 0.0772. The Balaban J connectivity index is 1.96. The molecule has 120 valence electrons. The summed E-state index contributed by atoms with van der Waals surface area (Å²) in [7, 11) is 0. The van der Waals surface area contributed by atoms with Crippen molar-refractivity contribution in [2.24, 2.45) is 0 Å². The number of carbonyl (C=O) groups is 1. The summed E-state index contributed by atoms with van der Waals surface area (Å²) in [5.74, 6) is -0.510. The van der Waals surface area contributed by atoms with Gasteiger partial charge in [0.2, 0.25) is 0 Å². The first-order valence-corrected chi connectivity index (χ1v) is 7.74. The van der Waals surface area contributed by atoms with Crippen molar-refractivity contribution in [1.82, 2.24) is 4.98 Å². The highest BCUT2D eigenvalue weighted by Crippen LogP contribution is 2.25. The lowest BCUT2D eigenvalue weighted by Gasteiger charge is -2.34. The molecule has 0 saturated carbocycles. The number of carbonyl (C=O) groups excluding carboxylic acids is 1. The average molecular weight is 314 g/mol. The van der Waals surface area contributed by atoms with E-state index in [2.05, 4.69) is 4.98 Å². The number of amides is 1. The molecular weight excluding hydrogens is 295 g/mol. The molecule has 0 radical (unpaired) electrons. The van der Waals surface area contributed by atoms with Crippen LogP contribution in [0.2, 0.25) is 0 Å². The number of aromatic nitrogens is 1. The molecule has 1 aliphatic rings. The molecule has 4 nitrogen and oxygen atoms in total. The quantitative estimate of drug-likeness (QED) is 0.872. The van der Waals surface area contributed by atoms with E-state index in [4.69, 9.17) is 4.74 Å². The molecule has 0 N–H and O–H groups in total. The van der Waals surface area contributed by atoms with Gasteiger partial charge in [-0.15, -0.1) is 0 Å². The molecule has 0 aliphatic carbocycles. The Morgan fingerprint density at radius 1 is 1.26 bits per heavy atom. The van der Waals surface area contributed by atoms with Crippen molar-refractivity contribution in [2.75, 3.05) is 18.1 Å². The van der Waals surface area contributed by atoms with Crippen LogP contribution in [0.5, 0.6) is 0 Å². The van der Waals surface area contributed by atoms with E-state index in [0.717, 1.165) is 18.5 Å². The molecule has 0 unspecified atom stereocenters. The number of hydrogen-bond acceptors (Lipinski definition) is 3. The summed E-state index contributed by atoms with van der Waals surface area (Å²) in [4.78, 5) is 18.9. The molecule has 2 heterocycles. The van der Waals surface area contributed by atoms with Crippen LogP contribution in [0, 0.1) is 12.7 Å². The zero-order valence-electron chi connectivity index (χ0n) is 13.0. The summed E-state index contributed by atoms with van der Waals surface area (Å²) in [5, 5.41) is 0. The van der Waals surface area contributed by atoms with Crippen LogP contribution in [0.3, 0.4) is 0 Å². The van der Waals surface area contributed by atoms with Crippen LogP contribution >= 0.6 is 0 Å². The van der Waals surface area contributed by atoms with Gasteiger partial charge in [-0.25, -0.2) is 4.39 Å². The zero-order chi connectivity index (χ0) is 16.2. The van der Waals surface area contributed by atoms with E-state index in [0.29, 0.717) is 24.5 Å². The fourth-order valence-corrected chi connectivity index (χ4v) is 2.80. The number of halogens is 1. The van der Waals surface area contributed by atoms with E-state index in [1.54, 1.807) is 35.4 Å². The highest BCUT2D eigenvalue weighted by Gasteiger charge is 2.28. The number of aryl methyl sites for hydroxylation is 1. The number of pyridine rings is 1. The van der Waals surface area contributed by atoms with Crippen LogP contribution in [0.1, 0.15) is 28.9 Å². The van der Waals surface area contributed by atoms with Crippen molar-refractivity contribution in [3.8, 4) is 0 Å². The van der Waals surface area contributed by atoms with Gasteiger partial charge in [0.25, 0.3) is 5.91 Å². The molecule has 0 atom stereocenters. The van der Waals surface area contributed by atoms with Crippen molar-refractivity contribution >= 4 is 11.6 Å². The Morgan fingerprint density at radius 2 is 2.04 bits per heavy atom. The van der Waals surface area contributed by atoms with Gasteiger partial charge in [0.15, 0.2) is 0 Å².